The number of carbonyl (C=O) groups excluding carboxylic acids is 1. The zero-order chi connectivity index (χ0) is 19.2. The zero-order valence-electron chi connectivity index (χ0n) is 16.1. The van der Waals surface area contributed by atoms with E-state index < -0.39 is 0 Å². The molecule has 144 valence electrons. The molecule has 1 aromatic carbocycles. The van der Waals surface area contributed by atoms with Gasteiger partial charge >= 0.3 is 0 Å². The van der Waals surface area contributed by atoms with E-state index in [4.69, 9.17) is 9.47 Å². The number of ether oxygens (including phenoxy) is 2. The van der Waals surface area contributed by atoms with Crippen molar-refractivity contribution >= 4 is 11.9 Å². The number of nitrogens with zero attached hydrogens (tertiary/aromatic N) is 3. The average Bonchev–Trinajstić information content (AvgIpc) is 2.71. The molecule has 1 fully saturated rings. The van der Waals surface area contributed by atoms with E-state index in [0.29, 0.717) is 23.6 Å². The van der Waals surface area contributed by atoms with E-state index >= 15 is 0 Å². The van der Waals surface area contributed by atoms with Crippen LogP contribution in [0.3, 0.4) is 0 Å². The number of anilines is 1. The number of carbonyl (C=O) groups is 1. The summed E-state index contributed by atoms with van der Waals surface area (Å²) in [6, 6.07) is 7.00. The maximum atomic E-state index is 12.5. The molecule has 7 nitrogen and oxygen atoms in total. The lowest BCUT2D eigenvalue weighted by Gasteiger charge is -2.27. The van der Waals surface area contributed by atoms with Crippen molar-refractivity contribution in [3.05, 3.63) is 41.2 Å². The molecule has 0 saturated carbocycles. The Kier molecular flexibility index (Phi) is 6.11. The maximum Gasteiger partial charge on any atom is 0.251 e. The largest absolute Gasteiger partial charge is 0.493 e. The van der Waals surface area contributed by atoms with Crippen LogP contribution in [0.1, 0.15) is 41.0 Å². The lowest BCUT2D eigenvalue weighted by molar-refractivity contribution is 0.0950. The lowest BCUT2D eigenvalue weighted by Crippen LogP contribution is -2.32. The maximum absolute atomic E-state index is 12.5. The Labute approximate surface area is 159 Å². The van der Waals surface area contributed by atoms with Gasteiger partial charge in [-0.2, -0.15) is 0 Å². The molecule has 0 unspecified atom stereocenters. The number of nitrogens with one attached hydrogen (secondary N) is 1. The van der Waals surface area contributed by atoms with Crippen molar-refractivity contribution in [2.75, 3.05) is 32.2 Å². The smallest absolute Gasteiger partial charge is 0.251 e. The second-order valence-corrected chi connectivity index (χ2v) is 6.60. The van der Waals surface area contributed by atoms with Gasteiger partial charge in [-0.3, -0.25) is 4.79 Å². The minimum atomic E-state index is -0.188. The number of piperidine rings is 1. The summed E-state index contributed by atoms with van der Waals surface area (Å²) in [6.07, 6.45) is 3.60. The average molecular weight is 370 g/mol. The third kappa shape index (κ3) is 4.67. The van der Waals surface area contributed by atoms with Gasteiger partial charge in [0.05, 0.1) is 26.5 Å². The van der Waals surface area contributed by atoms with Crippen LogP contribution in [0.4, 0.5) is 5.95 Å². The number of amides is 1. The summed E-state index contributed by atoms with van der Waals surface area (Å²) >= 11 is 0. The van der Waals surface area contributed by atoms with E-state index in [1.165, 1.54) is 19.3 Å². The van der Waals surface area contributed by atoms with Crippen LogP contribution in [0.2, 0.25) is 0 Å². The van der Waals surface area contributed by atoms with Crippen molar-refractivity contribution in [2.24, 2.45) is 0 Å². The number of methoxy groups -OCH3 is 2. The first-order valence-electron chi connectivity index (χ1n) is 9.20. The fraction of sp³-hybridized carbons (Fsp3) is 0.450. The molecule has 3 rings (SSSR count). The molecule has 1 aromatic heterocycles. The van der Waals surface area contributed by atoms with Crippen LogP contribution in [0.25, 0.3) is 0 Å². The Hall–Kier alpha value is -2.83. The molecule has 0 bridgehead atoms. The van der Waals surface area contributed by atoms with Crippen LogP contribution in [0, 0.1) is 6.92 Å². The molecule has 0 spiro atoms. The number of aromatic nitrogens is 2. The lowest BCUT2D eigenvalue weighted by atomic mass is 10.1. The molecular weight excluding hydrogens is 344 g/mol. The Morgan fingerprint density at radius 1 is 1.07 bits per heavy atom. The number of aryl methyl sites for hydroxylation is 1. The minimum absolute atomic E-state index is 0.188. The van der Waals surface area contributed by atoms with Gasteiger partial charge in [0.15, 0.2) is 11.5 Å². The van der Waals surface area contributed by atoms with E-state index in [1.807, 2.05) is 13.0 Å². The van der Waals surface area contributed by atoms with Crippen LogP contribution in [-0.2, 0) is 6.54 Å². The molecule has 7 heteroatoms. The topological polar surface area (TPSA) is 76.6 Å². The molecule has 0 radical (unpaired) electrons. The monoisotopic (exact) mass is 370 g/mol. The highest BCUT2D eigenvalue weighted by Crippen LogP contribution is 2.27. The Morgan fingerprint density at radius 2 is 1.81 bits per heavy atom. The summed E-state index contributed by atoms with van der Waals surface area (Å²) in [7, 11) is 3.11. The third-order valence-corrected chi connectivity index (χ3v) is 4.61. The van der Waals surface area contributed by atoms with Gasteiger partial charge in [0, 0.05) is 24.3 Å². The van der Waals surface area contributed by atoms with Crippen LogP contribution in [0.5, 0.6) is 11.5 Å². The van der Waals surface area contributed by atoms with Crippen molar-refractivity contribution in [3.8, 4) is 11.5 Å². The van der Waals surface area contributed by atoms with Crippen LogP contribution >= 0.6 is 0 Å². The van der Waals surface area contributed by atoms with Crippen molar-refractivity contribution in [3.63, 3.8) is 0 Å². The molecular formula is C20H26N4O3. The van der Waals surface area contributed by atoms with Crippen molar-refractivity contribution in [1.29, 1.82) is 0 Å². The van der Waals surface area contributed by atoms with Gasteiger partial charge in [0.25, 0.3) is 5.91 Å². The molecule has 0 aliphatic carbocycles. The Morgan fingerprint density at radius 3 is 2.52 bits per heavy atom. The van der Waals surface area contributed by atoms with Crippen LogP contribution < -0.4 is 19.7 Å². The van der Waals surface area contributed by atoms with Gasteiger partial charge < -0.3 is 19.7 Å². The number of hydrogen-bond acceptors (Lipinski definition) is 6. The summed E-state index contributed by atoms with van der Waals surface area (Å²) in [6.45, 7) is 4.27. The Balaban J connectivity index is 1.69. The SMILES string of the molecule is COc1ccc(C(=O)NCc2cc(C)nc(N3CCCCC3)n2)cc1OC. The quantitative estimate of drug-likeness (QED) is 0.843. The number of benzene rings is 1. The van der Waals surface area contributed by atoms with E-state index in [9.17, 15) is 4.79 Å². The van der Waals surface area contributed by atoms with Gasteiger partial charge in [-0.15, -0.1) is 0 Å². The van der Waals surface area contributed by atoms with Gasteiger partial charge in [-0.1, -0.05) is 0 Å². The van der Waals surface area contributed by atoms with Gasteiger partial charge in [0.2, 0.25) is 5.95 Å². The normalized spacial score (nSPS) is 14.0. The summed E-state index contributed by atoms with van der Waals surface area (Å²) in [4.78, 5) is 23.9. The molecule has 1 aliphatic rings. The predicted octanol–water partition coefficient (Wildman–Crippen LogP) is 2.72. The summed E-state index contributed by atoms with van der Waals surface area (Å²) in [5, 5.41) is 2.92. The van der Waals surface area contributed by atoms with Gasteiger partial charge in [-0.25, -0.2) is 9.97 Å². The molecule has 27 heavy (non-hydrogen) atoms. The highest BCUT2D eigenvalue weighted by Gasteiger charge is 2.15. The molecule has 1 amide bonds. The fourth-order valence-electron chi connectivity index (χ4n) is 3.19. The second-order valence-electron chi connectivity index (χ2n) is 6.60. The molecule has 2 aromatic rings. The van der Waals surface area contributed by atoms with Crippen molar-refractivity contribution in [1.82, 2.24) is 15.3 Å². The standard InChI is InChI=1S/C20H26N4O3/c1-14-11-16(23-20(22-14)24-9-5-4-6-10-24)13-21-19(25)15-7-8-17(26-2)18(12-15)27-3/h7-8,11-12H,4-6,9-10,13H2,1-3H3,(H,21,25). The van der Waals surface area contributed by atoms with Gasteiger partial charge in [-0.05, 0) is 50.5 Å². The van der Waals surface area contributed by atoms with E-state index in [1.54, 1.807) is 32.4 Å². The van der Waals surface area contributed by atoms with Crippen molar-refractivity contribution in [2.45, 2.75) is 32.7 Å². The summed E-state index contributed by atoms with van der Waals surface area (Å²) in [5.41, 5.74) is 2.22. The van der Waals surface area contributed by atoms with Gasteiger partial charge in [0.1, 0.15) is 0 Å². The zero-order valence-corrected chi connectivity index (χ0v) is 16.1. The van der Waals surface area contributed by atoms with E-state index in [0.717, 1.165) is 30.4 Å². The highest BCUT2D eigenvalue weighted by atomic mass is 16.5. The third-order valence-electron chi connectivity index (χ3n) is 4.61. The summed E-state index contributed by atoms with van der Waals surface area (Å²) < 4.78 is 10.5. The first-order chi connectivity index (χ1) is 13.1. The second kappa shape index (κ2) is 8.70. The molecule has 0 atom stereocenters. The minimum Gasteiger partial charge on any atom is -0.493 e. The molecule has 1 aliphatic heterocycles. The number of hydrogen-bond donors (Lipinski definition) is 1. The van der Waals surface area contributed by atoms with E-state index in [2.05, 4.69) is 20.2 Å². The molecule has 1 saturated heterocycles. The highest BCUT2D eigenvalue weighted by molar-refractivity contribution is 5.94. The first kappa shape index (κ1) is 18.9. The van der Waals surface area contributed by atoms with Crippen LogP contribution in [-0.4, -0.2) is 43.2 Å². The summed E-state index contributed by atoms with van der Waals surface area (Å²) in [5.74, 6) is 1.68. The van der Waals surface area contributed by atoms with E-state index in [-0.39, 0.29) is 5.91 Å². The fourth-order valence-corrected chi connectivity index (χ4v) is 3.19. The Bertz CT molecular complexity index is 804. The molecule has 1 N–H and O–H groups in total. The predicted molar refractivity (Wildman–Crippen MR) is 104 cm³/mol. The number of rotatable bonds is 6. The molecule has 2 heterocycles. The van der Waals surface area contributed by atoms with Crippen LogP contribution in [0.15, 0.2) is 24.3 Å². The first-order valence-corrected chi connectivity index (χ1v) is 9.20. The van der Waals surface area contributed by atoms with Crippen molar-refractivity contribution < 1.29 is 14.3 Å².